The molecule has 0 unspecified atom stereocenters. The molecule has 0 aliphatic rings. The van der Waals surface area contributed by atoms with E-state index in [0.717, 1.165) is 16.7 Å². The molecular weight excluding hydrogens is 334 g/mol. The Hall–Kier alpha value is -3.97. The number of rotatable bonds is 3. The normalized spacial score (nSPS) is 10.3. The van der Waals surface area contributed by atoms with Crippen molar-refractivity contribution in [2.75, 3.05) is 0 Å². The molecule has 0 fully saturated rings. The van der Waals surface area contributed by atoms with Crippen LogP contribution in [0, 0.1) is 11.3 Å². The number of aromatic nitrogens is 2. The van der Waals surface area contributed by atoms with Crippen LogP contribution in [0.3, 0.4) is 0 Å². The van der Waals surface area contributed by atoms with Crippen LogP contribution in [0.2, 0.25) is 0 Å². The summed E-state index contributed by atoms with van der Waals surface area (Å²) in [6, 6.07) is 26.4. The lowest BCUT2D eigenvalue weighted by atomic mass is 9.98. The molecule has 0 aliphatic heterocycles. The van der Waals surface area contributed by atoms with Gasteiger partial charge in [-0.1, -0.05) is 54.6 Å². The first-order valence-electron chi connectivity index (χ1n) is 8.51. The summed E-state index contributed by atoms with van der Waals surface area (Å²) in [5.41, 5.74) is 3.36. The van der Waals surface area contributed by atoms with Crippen LogP contribution < -0.4 is 5.56 Å². The molecule has 2 heterocycles. The first kappa shape index (κ1) is 16.5. The lowest BCUT2D eigenvalue weighted by molar-refractivity contribution is 0.945. The predicted octanol–water partition coefficient (Wildman–Crippen LogP) is 4.44. The highest BCUT2D eigenvalue weighted by molar-refractivity contribution is 5.75. The van der Waals surface area contributed by atoms with E-state index in [1.807, 2.05) is 66.7 Å². The fourth-order valence-electron chi connectivity index (χ4n) is 3.05. The van der Waals surface area contributed by atoms with E-state index in [1.54, 1.807) is 24.5 Å². The molecule has 0 saturated heterocycles. The molecule has 0 radical (unpaired) electrons. The molecule has 0 saturated carbocycles. The van der Waals surface area contributed by atoms with E-state index in [9.17, 15) is 10.1 Å². The molecule has 4 heteroatoms. The molecule has 128 valence electrons. The maximum Gasteiger partial charge on any atom is 0.264 e. The summed E-state index contributed by atoms with van der Waals surface area (Å²) >= 11 is 0. The van der Waals surface area contributed by atoms with Crippen molar-refractivity contribution in [2.24, 2.45) is 0 Å². The first-order valence-corrected chi connectivity index (χ1v) is 8.51. The third-order valence-electron chi connectivity index (χ3n) is 4.36. The van der Waals surface area contributed by atoms with E-state index < -0.39 is 0 Å². The molecule has 4 aromatic rings. The highest BCUT2D eigenvalue weighted by Gasteiger charge is 2.13. The summed E-state index contributed by atoms with van der Waals surface area (Å²) in [5, 5.41) is 9.48. The quantitative estimate of drug-likeness (QED) is 0.549. The van der Waals surface area contributed by atoms with Gasteiger partial charge < -0.3 is 0 Å². The molecule has 2 aromatic carbocycles. The van der Waals surface area contributed by atoms with Crippen LogP contribution in [0.15, 0.2) is 96.1 Å². The van der Waals surface area contributed by atoms with Gasteiger partial charge in [-0.2, -0.15) is 5.26 Å². The van der Waals surface area contributed by atoms with Crippen LogP contribution in [-0.4, -0.2) is 9.55 Å². The van der Waals surface area contributed by atoms with Gasteiger partial charge in [0.2, 0.25) is 0 Å². The van der Waals surface area contributed by atoms with Crippen molar-refractivity contribution >= 4 is 0 Å². The molecule has 0 spiro atoms. The Morgan fingerprint density at radius 2 is 1.56 bits per heavy atom. The summed E-state index contributed by atoms with van der Waals surface area (Å²) in [4.78, 5) is 17.5. The molecule has 27 heavy (non-hydrogen) atoms. The van der Waals surface area contributed by atoms with Crippen molar-refractivity contribution in [3.63, 3.8) is 0 Å². The van der Waals surface area contributed by atoms with Gasteiger partial charge in [0.25, 0.3) is 5.56 Å². The fraction of sp³-hybridized carbons (Fsp3) is 0. The second-order valence-electron chi connectivity index (χ2n) is 6.03. The second kappa shape index (κ2) is 7.11. The minimum atomic E-state index is -0.155. The van der Waals surface area contributed by atoms with E-state index in [2.05, 4.69) is 11.1 Å². The first-order chi connectivity index (χ1) is 13.3. The minimum Gasteiger partial charge on any atom is -0.268 e. The van der Waals surface area contributed by atoms with Gasteiger partial charge in [-0.05, 0) is 29.8 Å². The molecule has 0 aliphatic carbocycles. The van der Waals surface area contributed by atoms with Crippen LogP contribution in [-0.2, 0) is 0 Å². The SMILES string of the molecule is N#Cc1ccccc1-c1cc(-c2ccccc2)c(=O)n(-c2ccccn2)c1. The van der Waals surface area contributed by atoms with Crippen LogP contribution in [0.1, 0.15) is 5.56 Å². The van der Waals surface area contributed by atoms with E-state index in [0.29, 0.717) is 16.9 Å². The van der Waals surface area contributed by atoms with Crippen molar-refractivity contribution in [2.45, 2.75) is 0 Å². The molecule has 2 aromatic heterocycles. The minimum absolute atomic E-state index is 0.155. The summed E-state index contributed by atoms with van der Waals surface area (Å²) in [7, 11) is 0. The van der Waals surface area contributed by atoms with Crippen molar-refractivity contribution < 1.29 is 0 Å². The predicted molar refractivity (Wildman–Crippen MR) is 105 cm³/mol. The van der Waals surface area contributed by atoms with E-state index in [-0.39, 0.29) is 5.56 Å². The number of nitrogens with zero attached hydrogens (tertiary/aromatic N) is 3. The maximum absolute atomic E-state index is 13.2. The topological polar surface area (TPSA) is 58.7 Å². The van der Waals surface area contributed by atoms with Gasteiger partial charge in [-0.25, -0.2) is 4.98 Å². The van der Waals surface area contributed by atoms with Crippen LogP contribution in [0.4, 0.5) is 0 Å². The smallest absolute Gasteiger partial charge is 0.264 e. The summed E-state index contributed by atoms with van der Waals surface area (Å²) < 4.78 is 1.53. The Kier molecular flexibility index (Phi) is 4.34. The zero-order valence-electron chi connectivity index (χ0n) is 14.4. The average molecular weight is 349 g/mol. The van der Waals surface area contributed by atoms with Crippen LogP contribution in [0.5, 0.6) is 0 Å². The zero-order chi connectivity index (χ0) is 18.6. The second-order valence-corrected chi connectivity index (χ2v) is 6.03. The monoisotopic (exact) mass is 349 g/mol. The number of nitriles is 1. The van der Waals surface area contributed by atoms with Crippen LogP contribution >= 0.6 is 0 Å². The molecule has 0 N–H and O–H groups in total. The molecule has 4 rings (SSSR count). The van der Waals surface area contributed by atoms with E-state index >= 15 is 0 Å². The maximum atomic E-state index is 13.2. The van der Waals surface area contributed by atoms with Crippen molar-refractivity contribution in [1.82, 2.24) is 9.55 Å². The third-order valence-corrected chi connectivity index (χ3v) is 4.36. The molecule has 0 amide bonds. The van der Waals surface area contributed by atoms with Gasteiger partial charge in [0, 0.05) is 29.1 Å². The lowest BCUT2D eigenvalue weighted by Gasteiger charge is -2.12. The number of benzene rings is 2. The fourth-order valence-corrected chi connectivity index (χ4v) is 3.05. The summed E-state index contributed by atoms with van der Waals surface area (Å²) in [6.07, 6.45) is 3.40. The number of hydrogen-bond donors (Lipinski definition) is 0. The lowest BCUT2D eigenvalue weighted by Crippen LogP contribution is -2.20. The Morgan fingerprint density at radius 3 is 2.30 bits per heavy atom. The Morgan fingerprint density at radius 1 is 0.815 bits per heavy atom. The standard InChI is InChI=1S/C23H15N3O/c24-15-18-10-4-5-11-20(18)19-14-21(17-8-2-1-3-9-17)23(27)26(16-19)22-12-6-7-13-25-22/h1-14,16H. The van der Waals surface area contributed by atoms with Gasteiger partial charge in [0.15, 0.2) is 0 Å². The number of hydrogen-bond acceptors (Lipinski definition) is 3. The Balaban J connectivity index is 2.04. The van der Waals surface area contributed by atoms with E-state index in [1.165, 1.54) is 4.57 Å². The highest BCUT2D eigenvalue weighted by atomic mass is 16.1. The van der Waals surface area contributed by atoms with Crippen molar-refractivity contribution in [3.8, 4) is 34.1 Å². The largest absolute Gasteiger partial charge is 0.268 e. The molecular formula is C23H15N3O. The van der Waals surface area contributed by atoms with E-state index in [4.69, 9.17) is 0 Å². The molecule has 0 atom stereocenters. The Labute approximate surface area is 156 Å². The van der Waals surface area contributed by atoms with Gasteiger partial charge in [0.1, 0.15) is 5.82 Å². The highest BCUT2D eigenvalue weighted by Crippen LogP contribution is 2.27. The average Bonchev–Trinajstić information content (AvgIpc) is 2.75. The zero-order valence-corrected chi connectivity index (χ0v) is 14.4. The van der Waals surface area contributed by atoms with Crippen LogP contribution in [0.25, 0.3) is 28.1 Å². The van der Waals surface area contributed by atoms with Gasteiger partial charge in [0.05, 0.1) is 11.6 Å². The molecule has 0 bridgehead atoms. The summed E-state index contributed by atoms with van der Waals surface area (Å²) in [5.74, 6) is 0.538. The van der Waals surface area contributed by atoms with Crippen molar-refractivity contribution in [3.05, 3.63) is 107 Å². The summed E-state index contributed by atoms with van der Waals surface area (Å²) in [6.45, 7) is 0. The van der Waals surface area contributed by atoms with Gasteiger partial charge in [-0.15, -0.1) is 0 Å². The number of pyridine rings is 2. The van der Waals surface area contributed by atoms with Crippen molar-refractivity contribution in [1.29, 1.82) is 5.26 Å². The third kappa shape index (κ3) is 3.14. The van der Waals surface area contributed by atoms with Gasteiger partial charge in [-0.3, -0.25) is 9.36 Å². The van der Waals surface area contributed by atoms with Gasteiger partial charge >= 0.3 is 0 Å². The Bertz CT molecular complexity index is 1130. The molecule has 4 nitrogen and oxygen atoms in total.